The number of primary amides is 1. The zero-order valence-electron chi connectivity index (χ0n) is 11.6. The molecule has 3 rings (SSSR count). The van der Waals surface area contributed by atoms with Crippen LogP contribution in [0.15, 0.2) is 12.1 Å². The number of aromatic nitrogens is 2. The normalized spacial score (nSPS) is 28.2. The van der Waals surface area contributed by atoms with E-state index >= 15 is 0 Å². The minimum absolute atomic E-state index is 0.0880. The van der Waals surface area contributed by atoms with Gasteiger partial charge >= 0.3 is 5.97 Å². The smallest absolute Gasteiger partial charge is 0.326 e. The second kappa shape index (κ2) is 5.31. The van der Waals surface area contributed by atoms with Gasteiger partial charge in [-0.05, 0) is 37.3 Å². The van der Waals surface area contributed by atoms with E-state index in [9.17, 15) is 14.7 Å². The molecule has 0 bridgehead atoms. The fourth-order valence-electron chi connectivity index (χ4n) is 3.60. The van der Waals surface area contributed by atoms with Crippen LogP contribution < -0.4 is 10.6 Å². The molecule has 7 heteroatoms. The van der Waals surface area contributed by atoms with Crippen molar-refractivity contribution in [1.82, 2.24) is 10.2 Å². The van der Waals surface area contributed by atoms with E-state index in [0.29, 0.717) is 18.2 Å². The summed E-state index contributed by atoms with van der Waals surface area (Å²) in [6.45, 7) is 0. The molecule has 0 aromatic carbocycles. The van der Waals surface area contributed by atoms with Crippen LogP contribution in [0, 0.1) is 5.92 Å². The maximum absolute atomic E-state index is 11.5. The van der Waals surface area contributed by atoms with Gasteiger partial charge in [-0.15, -0.1) is 10.2 Å². The third kappa shape index (κ3) is 2.43. The molecule has 3 unspecified atom stereocenters. The summed E-state index contributed by atoms with van der Waals surface area (Å²) in [7, 11) is 0. The number of carbonyl (C=O) groups is 2. The van der Waals surface area contributed by atoms with E-state index in [2.05, 4.69) is 10.2 Å². The lowest BCUT2D eigenvalue weighted by Crippen LogP contribution is -2.43. The highest BCUT2D eigenvalue weighted by atomic mass is 16.4. The number of fused-ring (bicyclic) bond motifs is 1. The van der Waals surface area contributed by atoms with Gasteiger partial charge in [0, 0.05) is 6.04 Å². The first kappa shape index (κ1) is 13.8. The molecule has 0 radical (unpaired) electrons. The van der Waals surface area contributed by atoms with Crippen LogP contribution in [0.2, 0.25) is 0 Å². The number of carboxylic acid groups (broad SMARTS) is 1. The van der Waals surface area contributed by atoms with Gasteiger partial charge < -0.3 is 15.7 Å². The van der Waals surface area contributed by atoms with Gasteiger partial charge in [-0.1, -0.05) is 12.8 Å². The highest BCUT2D eigenvalue weighted by molar-refractivity contribution is 5.90. The van der Waals surface area contributed by atoms with Crippen molar-refractivity contribution in [3.05, 3.63) is 17.8 Å². The highest BCUT2D eigenvalue weighted by Gasteiger charge is 2.45. The number of amides is 1. The van der Waals surface area contributed by atoms with Crippen LogP contribution >= 0.6 is 0 Å². The highest BCUT2D eigenvalue weighted by Crippen LogP contribution is 2.41. The molecule has 1 aromatic heterocycles. The van der Waals surface area contributed by atoms with Gasteiger partial charge in [0.25, 0.3) is 5.91 Å². The van der Waals surface area contributed by atoms with Gasteiger partial charge in [0.1, 0.15) is 6.04 Å². The first-order valence-corrected chi connectivity index (χ1v) is 7.22. The van der Waals surface area contributed by atoms with Gasteiger partial charge in [0.15, 0.2) is 11.5 Å². The van der Waals surface area contributed by atoms with E-state index in [4.69, 9.17) is 5.73 Å². The first-order valence-electron chi connectivity index (χ1n) is 7.22. The van der Waals surface area contributed by atoms with Crippen molar-refractivity contribution < 1.29 is 14.7 Å². The summed E-state index contributed by atoms with van der Waals surface area (Å²) in [4.78, 5) is 24.5. The molecule has 1 aliphatic carbocycles. The van der Waals surface area contributed by atoms with Crippen molar-refractivity contribution in [2.75, 3.05) is 4.90 Å². The summed E-state index contributed by atoms with van der Waals surface area (Å²) < 4.78 is 0. The average molecular weight is 290 g/mol. The Morgan fingerprint density at radius 2 is 2.00 bits per heavy atom. The molecular weight excluding hydrogens is 272 g/mol. The first-order chi connectivity index (χ1) is 10.1. The van der Waals surface area contributed by atoms with Crippen LogP contribution in [0.4, 0.5) is 5.82 Å². The molecule has 0 spiro atoms. The Labute approximate surface area is 122 Å². The van der Waals surface area contributed by atoms with Crippen molar-refractivity contribution in [3.8, 4) is 0 Å². The number of hydrogen-bond donors (Lipinski definition) is 2. The standard InChI is InChI=1S/C14H18N4O3/c15-13(19)9-5-6-12(17-16-9)18-10-4-2-1-3-8(10)7-11(18)14(20)21/h5-6,8,10-11H,1-4,7H2,(H2,15,19)(H,20,21). The SMILES string of the molecule is NC(=O)c1ccc(N2C(C(=O)O)CC3CCCCC32)nn1. The summed E-state index contributed by atoms with van der Waals surface area (Å²) in [5, 5.41) is 17.3. The molecule has 1 saturated carbocycles. The van der Waals surface area contributed by atoms with Crippen LogP contribution in [0.3, 0.4) is 0 Å². The molecule has 3 N–H and O–H groups in total. The van der Waals surface area contributed by atoms with Gasteiger partial charge in [0.2, 0.25) is 0 Å². The number of hydrogen-bond acceptors (Lipinski definition) is 5. The minimum atomic E-state index is -0.829. The summed E-state index contributed by atoms with van der Waals surface area (Å²) in [5.41, 5.74) is 5.24. The Bertz CT molecular complexity index is 560. The molecule has 1 aromatic rings. The van der Waals surface area contributed by atoms with Crippen molar-refractivity contribution in [2.24, 2.45) is 11.7 Å². The quantitative estimate of drug-likeness (QED) is 0.852. The van der Waals surface area contributed by atoms with E-state index in [0.717, 1.165) is 25.7 Å². The largest absolute Gasteiger partial charge is 0.480 e. The Balaban J connectivity index is 1.92. The van der Waals surface area contributed by atoms with Crippen LogP contribution in [-0.2, 0) is 4.79 Å². The predicted octanol–water partition coefficient (Wildman–Crippen LogP) is 0.798. The lowest BCUT2D eigenvalue weighted by atomic mass is 9.85. The van der Waals surface area contributed by atoms with Gasteiger partial charge in [-0.2, -0.15) is 0 Å². The number of nitrogens with two attached hydrogens (primary N) is 1. The predicted molar refractivity (Wildman–Crippen MR) is 74.8 cm³/mol. The second-order valence-corrected chi connectivity index (χ2v) is 5.75. The Morgan fingerprint density at radius 3 is 2.62 bits per heavy atom. The number of anilines is 1. The van der Waals surface area contributed by atoms with E-state index in [-0.39, 0.29) is 11.7 Å². The molecule has 1 amide bonds. The van der Waals surface area contributed by atoms with Crippen LogP contribution in [0.1, 0.15) is 42.6 Å². The molecule has 3 atom stereocenters. The maximum Gasteiger partial charge on any atom is 0.326 e. The van der Waals surface area contributed by atoms with Crippen molar-refractivity contribution in [2.45, 2.75) is 44.2 Å². The summed E-state index contributed by atoms with van der Waals surface area (Å²) >= 11 is 0. The van der Waals surface area contributed by atoms with Crippen molar-refractivity contribution in [1.29, 1.82) is 0 Å². The topological polar surface area (TPSA) is 109 Å². The van der Waals surface area contributed by atoms with Gasteiger partial charge in [-0.25, -0.2) is 4.79 Å². The Hall–Kier alpha value is -2.18. The summed E-state index contributed by atoms with van der Waals surface area (Å²) in [6, 6.07) is 2.78. The monoisotopic (exact) mass is 290 g/mol. The zero-order chi connectivity index (χ0) is 15.0. The Morgan fingerprint density at radius 1 is 1.24 bits per heavy atom. The molecular formula is C14H18N4O3. The summed E-state index contributed by atoms with van der Waals surface area (Å²) in [6.07, 6.45) is 4.97. The van der Waals surface area contributed by atoms with E-state index < -0.39 is 17.9 Å². The van der Waals surface area contributed by atoms with E-state index in [1.165, 1.54) is 6.07 Å². The molecule has 2 heterocycles. The maximum atomic E-state index is 11.5. The molecule has 1 aliphatic heterocycles. The minimum Gasteiger partial charge on any atom is -0.480 e. The number of rotatable bonds is 3. The number of carbonyl (C=O) groups excluding carboxylic acids is 1. The Kier molecular flexibility index (Phi) is 3.48. The summed E-state index contributed by atoms with van der Waals surface area (Å²) in [5.74, 6) is -0.551. The van der Waals surface area contributed by atoms with Crippen molar-refractivity contribution in [3.63, 3.8) is 0 Å². The van der Waals surface area contributed by atoms with Gasteiger partial charge in [-0.3, -0.25) is 4.79 Å². The van der Waals surface area contributed by atoms with E-state index in [1.54, 1.807) is 6.07 Å². The third-order valence-corrected chi connectivity index (χ3v) is 4.54. The lowest BCUT2D eigenvalue weighted by Gasteiger charge is -2.33. The van der Waals surface area contributed by atoms with Gasteiger partial charge in [0.05, 0.1) is 0 Å². The average Bonchev–Trinajstić information content (AvgIpc) is 2.87. The fourth-order valence-corrected chi connectivity index (χ4v) is 3.60. The zero-order valence-corrected chi connectivity index (χ0v) is 11.6. The van der Waals surface area contributed by atoms with E-state index in [1.807, 2.05) is 4.90 Å². The number of nitrogens with zero attached hydrogens (tertiary/aromatic N) is 3. The van der Waals surface area contributed by atoms with Crippen LogP contribution in [0.25, 0.3) is 0 Å². The molecule has 2 fully saturated rings. The van der Waals surface area contributed by atoms with Crippen LogP contribution in [0.5, 0.6) is 0 Å². The van der Waals surface area contributed by atoms with Crippen LogP contribution in [-0.4, -0.2) is 39.3 Å². The molecule has 1 saturated heterocycles. The molecule has 112 valence electrons. The third-order valence-electron chi connectivity index (χ3n) is 4.54. The molecule has 2 aliphatic rings. The van der Waals surface area contributed by atoms with Crippen molar-refractivity contribution >= 4 is 17.7 Å². The second-order valence-electron chi connectivity index (χ2n) is 5.75. The number of carboxylic acids is 1. The molecule has 21 heavy (non-hydrogen) atoms. The number of aliphatic carboxylic acids is 1. The fraction of sp³-hybridized carbons (Fsp3) is 0.571. The molecule has 7 nitrogen and oxygen atoms in total. The lowest BCUT2D eigenvalue weighted by molar-refractivity contribution is -0.138.